The van der Waals surface area contributed by atoms with Gasteiger partial charge in [0.25, 0.3) is 0 Å². The number of carboxylic acid groups (broad SMARTS) is 1. The Bertz CT molecular complexity index is 525. The molecule has 0 aliphatic rings. The van der Waals surface area contributed by atoms with Crippen LogP contribution < -0.4 is 0 Å². The molecule has 2 aromatic rings. The molecule has 3 heteroatoms. The lowest BCUT2D eigenvalue weighted by Crippen LogP contribution is -2.16. The summed E-state index contributed by atoms with van der Waals surface area (Å²) in [5.41, 5.74) is 2.73. The first-order valence-corrected chi connectivity index (χ1v) is 5.50. The van der Waals surface area contributed by atoms with Crippen LogP contribution in [0.3, 0.4) is 0 Å². The van der Waals surface area contributed by atoms with E-state index in [0.717, 1.165) is 16.8 Å². The molecule has 1 heterocycles. The van der Waals surface area contributed by atoms with E-state index in [2.05, 4.69) is 0 Å². The van der Waals surface area contributed by atoms with E-state index in [-0.39, 0.29) is 0 Å². The average Bonchev–Trinajstić information content (AvgIpc) is 2.68. The first-order chi connectivity index (χ1) is 8.09. The van der Waals surface area contributed by atoms with Crippen molar-refractivity contribution < 1.29 is 9.90 Å². The lowest BCUT2D eigenvalue weighted by Gasteiger charge is -2.14. The first kappa shape index (κ1) is 11.5. The summed E-state index contributed by atoms with van der Waals surface area (Å²) in [4.78, 5) is 11.4. The van der Waals surface area contributed by atoms with Crippen LogP contribution in [0.4, 0.5) is 0 Å². The van der Waals surface area contributed by atoms with Gasteiger partial charge in [-0.2, -0.15) is 0 Å². The number of hydrogen-bond donors (Lipinski definition) is 1. The topological polar surface area (TPSA) is 42.2 Å². The van der Waals surface area contributed by atoms with Crippen LogP contribution >= 0.6 is 0 Å². The van der Waals surface area contributed by atoms with Crippen LogP contribution in [-0.2, 0) is 11.8 Å². The minimum atomic E-state index is -0.823. The molecule has 2 rings (SSSR count). The quantitative estimate of drug-likeness (QED) is 0.878. The molecule has 0 amide bonds. The molecule has 0 bridgehead atoms. The van der Waals surface area contributed by atoms with Gasteiger partial charge >= 0.3 is 5.97 Å². The highest BCUT2D eigenvalue weighted by molar-refractivity contribution is 5.79. The molecule has 1 aromatic carbocycles. The van der Waals surface area contributed by atoms with E-state index >= 15 is 0 Å². The van der Waals surface area contributed by atoms with Crippen LogP contribution in [0.1, 0.15) is 22.7 Å². The number of benzene rings is 1. The predicted molar refractivity (Wildman–Crippen MR) is 66.1 cm³/mol. The predicted octanol–water partition coefficient (Wildman–Crippen LogP) is 2.55. The summed E-state index contributed by atoms with van der Waals surface area (Å²) in [5, 5.41) is 9.38. The first-order valence-electron chi connectivity index (χ1n) is 5.50. The molecular formula is C14H15NO2. The molecule has 0 aliphatic carbocycles. The lowest BCUT2D eigenvalue weighted by molar-refractivity contribution is -0.137. The monoisotopic (exact) mass is 229 g/mol. The summed E-state index contributed by atoms with van der Waals surface area (Å²) >= 11 is 0. The minimum Gasteiger partial charge on any atom is -0.480 e. The molecule has 0 fully saturated rings. The second-order valence-corrected chi connectivity index (χ2v) is 4.23. The van der Waals surface area contributed by atoms with Crippen molar-refractivity contribution in [2.24, 2.45) is 7.05 Å². The van der Waals surface area contributed by atoms with E-state index in [1.165, 1.54) is 0 Å². The summed E-state index contributed by atoms with van der Waals surface area (Å²) in [6.45, 7) is 1.99. The molecule has 0 spiro atoms. The van der Waals surface area contributed by atoms with Crippen molar-refractivity contribution in [1.82, 2.24) is 4.57 Å². The number of nitrogens with zero attached hydrogens (tertiary/aromatic N) is 1. The number of aromatic nitrogens is 1. The second kappa shape index (κ2) is 4.45. The van der Waals surface area contributed by atoms with Gasteiger partial charge in [0.05, 0.1) is 0 Å². The molecule has 0 saturated carbocycles. The number of aryl methyl sites for hydroxylation is 2. The summed E-state index contributed by atoms with van der Waals surface area (Å²) < 4.78 is 1.85. The van der Waals surface area contributed by atoms with Gasteiger partial charge in [-0.15, -0.1) is 0 Å². The Labute approximate surface area is 100 Å². The van der Waals surface area contributed by atoms with Crippen molar-refractivity contribution in [2.75, 3.05) is 0 Å². The van der Waals surface area contributed by atoms with E-state index in [9.17, 15) is 9.90 Å². The van der Waals surface area contributed by atoms with Crippen molar-refractivity contribution in [1.29, 1.82) is 0 Å². The van der Waals surface area contributed by atoms with Gasteiger partial charge < -0.3 is 9.67 Å². The second-order valence-electron chi connectivity index (χ2n) is 4.23. The fraction of sp³-hybridized carbons (Fsp3) is 0.214. The average molecular weight is 229 g/mol. The zero-order valence-corrected chi connectivity index (χ0v) is 9.92. The van der Waals surface area contributed by atoms with Crippen molar-refractivity contribution in [3.05, 3.63) is 59.4 Å². The Balaban J connectivity index is 2.47. The maximum Gasteiger partial charge on any atom is 0.317 e. The van der Waals surface area contributed by atoms with Gasteiger partial charge in [-0.25, -0.2) is 0 Å². The number of hydrogen-bond acceptors (Lipinski definition) is 1. The van der Waals surface area contributed by atoms with E-state index in [1.807, 2.05) is 61.1 Å². The van der Waals surface area contributed by atoms with Gasteiger partial charge in [-0.3, -0.25) is 4.79 Å². The molecule has 1 N–H and O–H groups in total. The van der Waals surface area contributed by atoms with E-state index in [0.29, 0.717) is 0 Å². The van der Waals surface area contributed by atoms with E-state index < -0.39 is 11.9 Å². The van der Waals surface area contributed by atoms with Crippen LogP contribution in [0.2, 0.25) is 0 Å². The summed E-state index contributed by atoms with van der Waals surface area (Å²) in [6, 6.07) is 11.3. The fourth-order valence-electron chi connectivity index (χ4n) is 1.97. The van der Waals surface area contributed by atoms with Crippen molar-refractivity contribution in [3.8, 4) is 0 Å². The van der Waals surface area contributed by atoms with Crippen LogP contribution in [0, 0.1) is 6.92 Å². The Morgan fingerprint density at radius 1 is 1.24 bits per heavy atom. The molecule has 3 nitrogen and oxygen atoms in total. The van der Waals surface area contributed by atoms with Gasteiger partial charge in [0.2, 0.25) is 0 Å². The SMILES string of the molecule is Cc1ccc(C(C(=O)O)c2cccn2C)cc1. The van der Waals surface area contributed by atoms with Gasteiger partial charge in [-0.05, 0) is 24.6 Å². The van der Waals surface area contributed by atoms with Gasteiger partial charge in [-0.1, -0.05) is 29.8 Å². The van der Waals surface area contributed by atoms with E-state index in [1.54, 1.807) is 0 Å². The summed E-state index contributed by atoms with van der Waals surface area (Å²) in [5.74, 6) is -1.42. The highest BCUT2D eigenvalue weighted by Crippen LogP contribution is 2.25. The molecule has 0 aliphatic heterocycles. The summed E-state index contributed by atoms with van der Waals surface area (Å²) in [6.07, 6.45) is 1.86. The third-order valence-electron chi connectivity index (χ3n) is 2.94. The molecule has 88 valence electrons. The Morgan fingerprint density at radius 3 is 2.35 bits per heavy atom. The third-order valence-corrected chi connectivity index (χ3v) is 2.94. The standard InChI is InChI=1S/C14H15NO2/c1-10-5-7-11(8-6-10)13(14(16)17)12-4-3-9-15(12)2/h3-9,13H,1-2H3,(H,16,17). The fourth-order valence-corrected chi connectivity index (χ4v) is 1.97. The largest absolute Gasteiger partial charge is 0.480 e. The highest BCUT2D eigenvalue weighted by atomic mass is 16.4. The Kier molecular flexibility index (Phi) is 3.00. The molecule has 1 unspecified atom stereocenters. The van der Waals surface area contributed by atoms with Crippen LogP contribution in [0.25, 0.3) is 0 Å². The lowest BCUT2D eigenvalue weighted by atomic mass is 9.95. The molecule has 0 radical (unpaired) electrons. The molecule has 1 aromatic heterocycles. The normalized spacial score (nSPS) is 12.4. The number of carbonyl (C=O) groups is 1. The number of aliphatic carboxylic acids is 1. The zero-order chi connectivity index (χ0) is 12.4. The van der Waals surface area contributed by atoms with Crippen molar-refractivity contribution >= 4 is 5.97 Å². The minimum absolute atomic E-state index is 0.601. The van der Waals surface area contributed by atoms with Crippen LogP contribution in [0.15, 0.2) is 42.6 Å². The maximum atomic E-state index is 11.4. The zero-order valence-electron chi connectivity index (χ0n) is 9.92. The van der Waals surface area contributed by atoms with Crippen molar-refractivity contribution in [2.45, 2.75) is 12.8 Å². The van der Waals surface area contributed by atoms with E-state index in [4.69, 9.17) is 0 Å². The van der Waals surface area contributed by atoms with Crippen LogP contribution in [0.5, 0.6) is 0 Å². The molecule has 0 saturated heterocycles. The van der Waals surface area contributed by atoms with Gasteiger partial charge in [0.1, 0.15) is 5.92 Å². The highest BCUT2D eigenvalue weighted by Gasteiger charge is 2.23. The van der Waals surface area contributed by atoms with Gasteiger partial charge in [0, 0.05) is 18.9 Å². The molecular weight excluding hydrogens is 214 g/mol. The van der Waals surface area contributed by atoms with Crippen LogP contribution in [-0.4, -0.2) is 15.6 Å². The summed E-state index contributed by atoms with van der Waals surface area (Å²) in [7, 11) is 1.86. The number of carboxylic acids is 1. The Hall–Kier alpha value is -2.03. The number of rotatable bonds is 3. The third kappa shape index (κ3) is 2.23. The van der Waals surface area contributed by atoms with Gasteiger partial charge in [0.15, 0.2) is 0 Å². The molecule has 1 atom stereocenters. The molecule has 17 heavy (non-hydrogen) atoms. The maximum absolute atomic E-state index is 11.4. The Morgan fingerprint density at radius 2 is 1.88 bits per heavy atom. The smallest absolute Gasteiger partial charge is 0.317 e. The van der Waals surface area contributed by atoms with Crippen molar-refractivity contribution in [3.63, 3.8) is 0 Å².